The average Bonchev–Trinajstić information content (AvgIpc) is 2.54. The van der Waals surface area contributed by atoms with Crippen molar-refractivity contribution in [1.82, 2.24) is 0 Å². The molecule has 0 aromatic heterocycles. The Balaban J connectivity index is 1.32. The van der Waals surface area contributed by atoms with Crippen molar-refractivity contribution in [2.75, 3.05) is 93.5 Å². The largest absolute Gasteiger partial charge is 0.382 e. The van der Waals surface area contributed by atoms with Crippen LogP contribution in [0.25, 0.3) is 0 Å². The highest BCUT2D eigenvalue weighted by molar-refractivity contribution is 6.03. The van der Waals surface area contributed by atoms with Crippen LogP contribution in [0, 0.1) is 0 Å². The number of rotatable bonds is 52. The maximum atomic E-state index is 5.90. The van der Waals surface area contributed by atoms with Gasteiger partial charge in [-0.3, -0.25) is 20.0 Å². The average molecular weight is 1180 g/mol. The van der Waals surface area contributed by atoms with Gasteiger partial charge in [0, 0.05) is 61.3 Å². The van der Waals surface area contributed by atoms with E-state index in [0.717, 1.165) is 69.0 Å². The van der Waals surface area contributed by atoms with Crippen LogP contribution in [-0.4, -0.2) is 118 Å². The second-order valence-corrected chi connectivity index (χ2v) is 22.2. The van der Waals surface area contributed by atoms with Gasteiger partial charge >= 0.3 is 0 Å². The first-order valence-electron chi connectivity index (χ1n) is 32.7. The molecular weight excluding hydrogens is 1070 g/mol. The van der Waals surface area contributed by atoms with Gasteiger partial charge in [-0.25, -0.2) is 0 Å². The first-order valence-corrected chi connectivity index (χ1v) is 32.7. The van der Waals surface area contributed by atoms with Crippen LogP contribution in [0.1, 0.15) is 187 Å². The normalized spacial score (nSPS) is 12.0. The number of aliphatic imine (C=N–C) groups is 4. The van der Waals surface area contributed by atoms with Crippen LogP contribution in [0.3, 0.4) is 0 Å². The fourth-order valence-corrected chi connectivity index (χ4v) is 9.72. The minimum Gasteiger partial charge on any atom is -0.382 e. The van der Waals surface area contributed by atoms with Gasteiger partial charge in [-0.15, -0.1) is 0 Å². The van der Waals surface area contributed by atoms with Gasteiger partial charge in [-0.2, -0.15) is 0 Å². The molecular formula is C74H106N4O8. The molecule has 470 valence electrons. The fourth-order valence-electron chi connectivity index (χ4n) is 9.72. The second-order valence-electron chi connectivity index (χ2n) is 22.2. The molecule has 0 atom stereocenters. The Kier molecular flexibility index (Phi) is 40.1. The van der Waals surface area contributed by atoms with Crippen molar-refractivity contribution in [2.45, 2.75) is 168 Å². The van der Waals surface area contributed by atoms with E-state index in [1.54, 1.807) is 14.2 Å². The molecule has 0 heterocycles. The highest BCUT2D eigenvalue weighted by Gasteiger charge is 2.09. The van der Waals surface area contributed by atoms with Crippen LogP contribution in [0.2, 0.25) is 0 Å². The molecule has 0 radical (unpaired) electrons. The van der Waals surface area contributed by atoms with Crippen molar-refractivity contribution in [3.63, 3.8) is 0 Å². The van der Waals surface area contributed by atoms with Crippen LogP contribution < -0.4 is 0 Å². The molecule has 0 saturated carbocycles. The van der Waals surface area contributed by atoms with Crippen molar-refractivity contribution >= 4 is 47.6 Å². The van der Waals surface area contributed by atoms with Crippen molar-refractivity contribution in [1.29, 1.82) is 0 Å². The lowest BCUT2D eigenvalue weighted by Gasteiger charge is -2.09. The van der Waals surface area contributed by atoms with Gasteiger partial charge in [-0.1, -0.05) is 178 Å². The van der Waals surface area contributed by atoms with Gasteiger partial charge in [0.25, 0.3) is 0 Å². The predicted molar refractivity (Wildman–Crippen MR) is 359 cm³/mol. The molecule has 5 rings (SSSR count). The summed E-state index contributed by atoms with van der Waals surface area (Å²) in [6, 6.07) is 38.0. The zero-order chi connectivity index (χ0) is 60.4. The Morgan fingerprint density at radius 1 is 0.267 bits per heavy atom. The molecule has 0 N–H and O–H groups in total. The number of unbranched alkanes of at least 4 members (excludes halogenated alkanes) is 18. The van der Waals surface area contributed by atoms with Crippen LogP contribution >= 0.6 is 0 Å². The van der Waals surface area contributed by atoms with Crippen LogP contribution in [0.15, 0.2) is 129 Å². The highest BCUT2D eigenvalue weighted by Crippen LogP contribution is 2.23. The van der Waals surface area contributed by atoms with Gasteiger partial charge in [-0.05, 0) is 109 Å². The maximum Gasteiger partial charge on any atom is 0.0718 e. The molecule has 0 bridgehead atoms. The summed E-state index contributed by atoms with van der Waals surface area (Å²) in [5, 5.41) is 0. The topological polar surface area (TPSA) is 123 Å². The van der Waals surface area contributed by atoms with E-state index < -0.39 is 0 Å². The summed E-state index contributed by atoms with van der Waals surface area (Å²) in [6.07, 6.45) is 36.7. The Morgan fingerprint density at radius 2 is 0.500 bits per heavy atom. The van der Waals surface area contributed by atoms with E-state index in [4.69, 9.17) is 57.9 Å². The van der Waals surface area contributed by atoms with Gasteiger partial charge in [0.15, 0.2) is 0 Å². The lowest BCUT2D eigenvalue weighted by Crippen LogP contribution is -2.11. The molecule has 86 heavy (non-hydrogen) atoms. The highest BCUT2D eigenvalue weighted by atomic mass is 16.6. The standard InChI is InChI=1S/C74H106N4O8/c1-5-7-9-11-13-15-17-19-21-23-25-63-27-35-71(36-28-63)75-57-67-55-68(58-76-72-37-29-64(30-38-72)26-24-22-20-18-16-14-12-10-8-6-2)70(60-78-74-41-33-66(34-42-74)62-86-54-52-84-50-48-82-46-44-80-4)56-69(67)59-77-73-39-31-65(32-40-73)61-85-53-51-83-49-47-81-45-43-79-3/h27-42,55-60H,5-26,43-54,61-62H2,1-4H3. The van der Waals surface area contributed by atoms with E-state index in [1.807, 2.05) is 49.1 Å². The Morgan fingerprint density at radius 3 is 0.767 bits per heavy atom. The number of nitrogens with zero attached hydrogens (tertiary/aromatic N) is 4. The molecule has 0 amide bonds. The van der Waals surface area contributed by atoms with Crippen molar-refractivity contribution in [2.24, 2.45) is 20.0 Å². The Bertz CT molecular complexity index is 2210. The maximum absolute atomic E-state index is 5.90. The van der Waals surface area contributed by atoms with Crippen LogP contribution in [0.4, 0.5) is 22.7 Å². The van der Waals surface area contributed by atoms with E-state index in [2.05, 4.69) is 98.8 Å². The molecule has 0 aliphatic rings. The Hall–Kier alpha value is -5.54. The smallest absolute Gasteiger partial charge is 0.0718 e. The molecule has 0 saturated heterocycles. The summed E-state index contributed by atoms with van der Waals surface area (Å²) in [7, 11) is 3.33. The minimum atomic E-state index is 0.479. The minimum absolute atomic E-state index is 0.479. The number of methoxy groups -OCH3 is 2. The molecule has 5 aromatic carbocycles. The van der Waals surface area contributed by atoms with E-state index >= 15 is 0 Å². The number of benzene rings is 5. The fraction of sp³-hybridized carbons (Fsp3) is 0.541. The molecule has 0 aliphatic carbocycles. The SMILES string of the molecule is CCCCCCCCCCCCc1ccc(N=Cc2cc(C=Nc3ccc(CCCCCCCCCCCC)cc3)c(C=Nc3ccc(COCCOCCOCCOC)cc3)cc2C=Nc2ccc(COCCOCCOCCOC)cc2)cc1. The molecule has 5 aromatic rings. The predicted octanol–water partition coefficient (Wildman–Crippen LogP) is 18.0. The summed E-state index contributed by atoms with van der Waals surface area (Å²) in [6.45, 7) is 11.9. The third-order valence-corrected chi connectivity index (χ3v) is 15.0. The van der Waals surface area contributed by atoms with E-state index in [-0.39, 0.29) is 0 Å². The zero-order valence-corrected chi connectivity index (χ0v) is 53.2. The van der Waals surface area contributed by atoms with Crippen LogP contribution in [-0.2, 0) is 64.0 Å². The number of hydrogen-bond acceptors (Lipinski definition) is 12. The number of hydrogen-bond donors (Lipinski definition) is 0. The molecule has 12 nitrogen and oxygen atoms in total. The zero-order valence-electron chi connectivity index (χ0n) is 53.2. The van der Waals surface area contributed by atoms with Crippen molar-refractivity contribution < 1.29 is 37.9 Å². The molecule has 0 fully saturated rings. The second kappa shape index (κ2) is 48.5. The van der Waals surface area contributed by atoms with E-state index in [0.29, 0.717) is 92.5 Å². The third kappa shape index (κ3) is 33.5. The lowest BCUT2D eigenvalue weighted by molar-refractivity contribution is 0.000869. The molecule has 12 heteroatoms. The summed E-state index contributed by atoms with van der Waals surface area (Å²) in [5.41, 5.74) is 11.9. The quantitative estimate of drug-likeness (QED) is 0.0279. The lowest BCUT2D eigenvalue weighted by atomic mass is 9.99. The van der Waals surface area contributed by atoms with Gasteiger partial charge in [0.2, 0.25) is 0 Å². The first-order chi connectivity index (χ1) is 42.6. The van der Waals surface area contributed by atoms with E-state index in [1.165, 1.54) is 140 Å². The summed E-state index contributed by atoms with van der Waals surface area (Å²) >= 11 is 0. The number of aryl methyl sites for hydroxylation is 2. The van der Waals surface area contributed by atoms with Crippen LogP contribution in [0.5, 0.6) is 0 Å². The first kappa shape index (κ1) is 71.2. The van der Waals surface area contributed by atoms with Gasteiger partial charge in [0.1, 0.15) is 0 Å². The van der Waals surface area contributed by atoms with Crippen molar-refractivity contribution in [3.8, 4) is 0 Å². The monoisotopic (exact) mass is 1180 g/mol. The molecule has 0 spiro atoms. The third-order valence-electron chi connectivity index (χ3n) is 15.0. The number of ether oxygens (including phenoxy) is 8. The summed E-state index contributed by atoms with van der Waals surface area (Å²) < 4.78 is 44.1. The van der Waals surface area contributed by atoms with Crippen molar-refractivity contribution in [3.05, 3.63) is 154 Å². The molecule has 0 aliphatic heterocycles. The van der Waals surface area contributed by atoms with Gasteiger partial charge in [0.05, 0.1) is 115 Å². The van der Waals surface area contributed by atoms with Gasteiger partial charge < -0.3 is 37.9 Å². The van der Waals surface area contributed by atoms with E-state index in [9.17, 15) is 0 Å². The summed E-state index contributed by atoms with van der Waals surface area (Å²) in [4.78, 5) is 20.1. The summed E-state index contributed by atoms with van der Waals surface area (Å²) in [5.74, 6) is 0. The molecule has 0 unspecified atom stereocenters. The Labute approximate surface area is 518 Å².